The van der Waals surface area contributed by atoms with Gasteiger partial charge in [-0.2, -0.15) is 0 Å². The van der Waals surface area contributed by atoms with Gasteiger partial charge in [-0.05, 0) is 35.2 Å². The third-order valence-corrected chi connectivity index (χ3v) is 4.03. The molecule has 0 spiro atoms. The van der Waals surface area contributed by atoms with Crippen LogP contribution < -0.4 is 5.56 Å². The zero-order chi connectivity index (χ0) is 17.5. The molecule has 2 aromatic heterocycles. The van der Waals surface area contributed by atoms with Gasteiger partial charge in [-0.15, -0.1) is 0 Å². The molecule has 5 nitrogen and oxygen atoms in total. The first-order valence-corrected chi connectivity index (χ1v) is 7.72. The first-order chi connectivity index (χ1) is 11.3. The van der Waals surface area contributed by atoms with E-state index in [1.165, 1.54) is 6.26 Å². The third kappa shape index (κ3) is 2.85. The lowest BCUT2D eigenvalue weighted by Gasteiger charge is -2.20. The number of hydrogen-bond acceptors (Lipinski definition) is 3. The third-order valence-electron chi connectivity index (χ3n) is 4.03. The molecule has 0 saturated carbocycles. The highest BCUT2D eigenvalue weighted by molar-refractivity contribution is 5.91. The average molecular weight is 325 g/mol. The monoisotopic (exact) mass is 325 g/mol. The largest absolute Gasteiger partial charge is 0.481 e. The standard InChI is InChI=1S/C19H19NO4/c1-19(2,3)15-8-11(13-5-4-6-20-18(13)23)7-14-12(9-16(21)22)10-24-17(14)15/h4-8,10H,9H2,1-3H3,(H,20,23)(H,21,22). The molecule has 0 amide bonds. The van der Waals surface area contributed by atoms with E-state index in [1.54, 1.807) is 18.3 Å². The first kappa shape index (κ1) is 16.1. The Balaban J connectivity index is 2.34. The van der Waals surface area contributed by atoms with Crippen molar-refractivity contribution in [1.29, 1.82) is 0 Å². The van der Waals surface area contributed by atoms with Crippen molar-refractivity contribution in [2.75, 3.05) is 0 Å². The number of hydrogen-bond donors (Lipinski definition) is 2. The van der Waals surface area contributed by atoms with Gasteiger partial charge in [-0.3, -0.25) is 9.59 Å². The Kier molecular flexibility index (Phi) is 3.79. The Morgan fingerprint density at radius 1 is 1.29 bits per heavy atom. The second kappa shape index (κ2) is 5.67. The van der Waals surface area contributed by atoms with Crippen LogP contribution in [0.2, 0.25) is 0 Å². The van der Waals surface area contributed by atoms with E-state index in [1.807, 2.05) is 12.1 Å². The van der Waals surface area contributed by atoms with Crippen molar-refractivity contribution in [2.45, 2.75) is 32.6 Å². The molecule has 5 heteroatoms. The molecule has 0 atom stereocenters. The highest BCUT2D eigenvalue weighted by Crippen LogP contribution is 2.36. The van der Waals surface area contributed by atoms with Crippen LogP contribution in [0.15, 0.2) is 45.9 Å². The first-order valence-electron chi connectivity index (χ1n) is 7.72. The zero-order valence-corrected chi connectivity index (χ0v) is 13.8. The fourth-order valence-electron chi connectivity index (χ4n) is 2.85. The lowest BCUT2D eigenvalue weighted by molar-refractivity contribution is -0.136. The van der Waals surface area contributed by atoms with E-state index in [-0.39, 0.29) is 17.4 Å². The molecule has 24 heavy (non-hydrogen) atoms. The van der Waals surface area contributed by atoms with E-state index in [4.69, 9.17) is 9.52 Å². The number of aromatic amines is 1. The molecule has 0 fully saturated rings. The number of benzene rings is 1. The Bertz CT molecular complexity index is 973. The minimum atomic E-state index is -0.919. The molecule has 3 rings (SSSR count). The Morgan fingerprint density at radius 3 is 2.67 bits per heavy atom. The molecule has 0 saturated heterocycles. The molecule has 0 aliphatic carbocycles. The van der Waals surface area contributed by atoms with Gasteiger partial charge in [0.2, 0.25) is 0 Å². The van der Waals surface area contributed by atoms with E-state index >= 15 is 0 Å². The van der Waals surface area contributed by atoms with Crippen molar-refractivity contribution in [3.05, 3.63) is 58.2 Å². The van der Waals surface area contributed by atoms with Crippen LogP contribution in [0, 0.1) is 0 Å². The van der Waals surface area contributed by atoms with E-state index in [2.05, 4.69) is 25.8 Å². The van der Waals surface area contributed by atoms with Crippen LogP contribution >= 0.6 is 0 Å². The number of rotatable bonds is 3. The summed E-state index contributed by atoms with van der Waals surface area (Å²) in [5.41, 5.74) is 3.13. The normalized spacial score (nSPS) is 11.8. The predicted molar refractivity (Wildman–Crippen MR) is 92.3 cm³/mol. The summed E-state index contributed by atoms with van der Waals surface area (Å²) < 4.78 is 5.68. The molecule has 3 aromatic rings. The number of nitrogens with one attached hydrogen (secondary N) is 1. The molecule has 0 unspecified atom stereocenters. The van der Waals surface area contributed by atoms with Crippen LogP contribution in [-0.2, 0) is 16.6 Å². The Hall–Kier alpha value is -2.82. The van der Waals surface area contributed by atoms with Gasteiger partial charge in [0.05, 0.1) is 12.7 Å². The van der Waals surface area contributed by atoms with E-state index in [0.29, 0.717) is 16.7 Å². The summed E-state index contributed by atoms with van der Waals surface area (Å²) in [5, 5.41) is 9.85. The predicted octanol–water partition coefficient (Wildman–Crippen LogP) is 3.71. The molecule has 0 aliphatic rings. The summed E-state index contributed by atoms with van der Waals surface area (Å²) in [4.78, 5) is 25.9. The van der Waals surface area contributed by atoms with Crippen molar-refractivity contribution < 1.29 is 14.3 Å². The van der Waals surface area contributed by atoms with E-state index in [9.17, 15) is 9.59 Å². The number of carboxylic acids is 1. The molecule has 2 N–H and O–H groups in total. The molecule has 0 aliphatic heterocycles. The number of carboxylic acid groups (broad SMARTS) is 1. The topological polar surface area (TPSA) is 83.3 Å². The maximum atomic E-state index is 12.1. The quantitative estimate of drug-likeness (QED) is 0.769. The zero-order valence-electron chi connectivity index (χ0n) is 13.8. The highest BCUT2D eigenvalue weighted by Gasteiger charge is 2.23. The fraction of sp³-hybridized carbons (Fsp3) is 0.263. The second-order valence-electron chi connectivity index (χ2n) is 6.89. The van der Waals surface area contributed by atoms with Gasteiger partial charge >= 0.3 is 5.97 Å². The molecule has 0 radical (unpaired) electrons. The number of carbonyl (C=O) groups is 1. The molecule has 0 bridgehead atoms. The minimum absolute atomic E-state index is 0.120. The van der Waals surface area contributed by atoms with Crippen LogP contribution in [0.25, 0.3) is 22.1 Å². The number of H-pyrrole nitrogens is 1. The summed E-state index contributed by atoms with van der Waals surface area (Å²) in [7, 11) is 0. The van der Waals surface area contributed by atoms with Crippen molar-refractivity contribution in [2.24, 2.45) is 0 Å². The number of aromatic nitrogens is 1. The summed E-state index contributed by atoms with van der Waals surface area (Å²) in [6, 6.07) is 7.30. The lowest BCUT2D eigenvalue weighted by Crippen LogP contribution is -2.13. The van der Waals surface area contributed by atoms with Crippen molar-refractivity contribution >= 4 is 16.9 Å². The fourth-order valence-corrected chi connectivity index (χ4v) is 2.85. The van der Waals surface area contributed by atoms with Gasteiger partial charge < -0.3 is 14.5 Å². The van der Waals surface area contributed by atoms with E-state index < -0.39 is 5.97 Å². The van der Waals surface area contributed by atoms with Crippen molar-refractivity contribution in [3.8, 4) is 11.1 Å². The Labute approximate surface area is 138 Å². The van der Waals surface area contributed by atoms with Crippen LogP contribution in [0.4, 0.5) is 0 Å². The lowest BCUT2D eigenvalue weighted by atomic mass is 9.84. The van der Waals surface area contributed by atoms with Gasteiger partial charge in [0.15, 0.2) is 0 Å². The molecule has 1 aromatic carbocycles. The molecular formula is C19H19NO4. The smallest absolute Gasteiger partial charge is 0.307 e. The number of aliphatic carboxylic acids is 1. The number of fused-ring (bicyclic) bond motifs is 1. The van der Waals surface area contributed by atoms with E-state index in [0.717, 1.165) is 16.5 Å². The van der Waals surface area contributed by atoms with Gasteiger partial charge in [-0.1, -0.05) is 20.8 Å². The van der Waals surface area contributed by atoms with Crippen LogP contribution in [-0.4, -0.2) is 16.1 Å². The molecule has 124 valence electrons. The van der Waals surface area contributed by atoms with Gasteiger partial charge in [0, 0.05) is 28.3 Å². The Morgan fingerprint density at radius 2 is 2.04 bits per heavy atom. The summed E-state index contributed by atoms with van der Waals surface area (Å²) in [6.45, 7) is 6.17. The summed E-state index contributed by atoms with van der Waals surface area (Å²) >= 11 is 0. The molecule has 2 heterocycles. The number of pyridine rings is 1. The second-order valence-corrected chi connectivity index (χ2v) is 6.89. The van der Waals surface area contributed by atoms with Crippen molar-refractivity contribution in [3.63, 3.8) is 0 Å². The maximum Gasteiger partial charge on any atom is 0.307 e. The van der Waals surface area contributed by atoms with Crippen LogP contribution in [0.1, 0.15) is 31.9 Å². The van der Waals surface area contributed by atoms with Crippen LogP contribution in [0.5, 0.6) is 0 Å². The van der Waals surface area contributed by atoms with Gasteiger partial charge in [0.1, 0.15) is 5.58 Å². The van der Waals surface area contributed by atoms with Crippen LogP contribution in [0.3, 0.4) is 0 Å². The maximum absolute atomic E-state index is 12.1. The average Bonchev–Trinajstić information content (AvgIpc) is 2.88. The van der Waals surface area contributed by atoms with Gasteiger partial charge in [-0.25, -0.2) is 0 Å². The van der Waals surface area contributed by atoms with Gasteiger partial charge in [0.25, 0.3) is 5.56 Å². The SMILES string of the molecule is CC(C)(C)c1cc(-c2ccc[nH]c2=O)cc2c(CC(=O)O)coc12. The highest BCUT2D eigenvalue weighted by atomic mass is 16.4. The summed E-state index contributed by atoms with van der Waals surface area (Å²) in [6.07, 6.45) is 2.96. The minimum Gasteiger partial charge on any atom is -0.481 e. The van der Waals surface area contributed by atoms with Crippen molar-refractivity contribution in [1.82, 2.24) is 4.98 Å². The summed E-state index contributed by atoms with van der Waals surface area (Å²) in [5.74, 6) is -0.919. The molecular weight excluding hydrogens is 306 g/mol. The number of furan rings is 1.